The van der Waals surface area contributed by atoms with Crippen molar-refractivity contribution in [3.63, 3.8) is 0 Å². The van der Waals surface area contributed by atoms with E-state index in [1.165, 1.54) is 41.3 Å². The number of aliphatic carboxylic acids is 1. The van der Waals surface area contributed by atoms with Crippen molar-refractivity contribution in [2.75, 3.05) is 35.2 Å². The Balaban J connectivity index is 0.000000867. The molecule has 6 N–H and O–H groups in total. The van der Waals surface area contributed by atoms with Crippen LogP contribution in [0.15, 0.2) is 73.1 Å². The number of nitrogens with zero attached hydrogens (tertiary/aromatic N) is 6. The molecule has 312 valence electrons. The minimum absolute atomic E-state index is 0.0235. The number of aliphatic hydroxyl groups excluding tert-OH is 1. The molecule has 0 radical (unpaired) electrons. The van der Waals surface area contributed by atoms with Gasteiger partial charge in [0, 0.05) is 41.9 Å². The van der Waals surface area contributed by atoms with Crippen LogP contribution in [0.4, 0.5) is 30.2 Å². The first kappa shape index (κ1) is 43.7. The Morgan fingerprint density at radius 1 is 0.881 bits per heavy atom. The lowest BCUT2D eigenvalue weighted by molar-refractivity contribution is -0.192. The first-order valence-electron chi connectivity index (χ1n) is 17.9. The van der Waals surface area contributed by atoms with Crippen LogP contribution in [0.1, 0.15) is 41.6 Å². The number of anilines is 3. The molecule has 0 spiro atoms. The van der Waals surface area contributed by atoms with Gasteiger partial charge in [-0.1, -0.05) is 23.7 Å². The van der Waals surface area contributed by atoms with Gasteiger partial charge in [-0.05, 0) is 96.3 Å². The molecular weight excluding hydrogens is 807 g/mol. The summed E-state index contributed by atoms with van der Waals surface area (Å²) >= 11 is 6.14. The smallest absolute Gasteiger partial charge is 0.478 e. The Kier molecular flexibility index (Phi) is 14.3. The third kappa shape index (κ3) is 12.0. The van der Waals surface area contributed by atoms with Gasteiger partial charge in [-0.3, -0.25) is 24.1 Å². The van der Waals surface area contributed by atoms with Gasteiger partial charge < -0.3 is 36.2 Å². The number of carboxylic acids is 2. The van der Waals surface area contributed by atoms with Crippen molar-refractivity contribution in [3.05, 3.63) is 89.2 Å². The Morgan fingerprint density at radius 3 is 2.12 bits per heavy atom. The average molecular weight is 844 g/mol. The van der Waals surface area contributed by atoms with Gasteiger partial charge >= 0.3 is 29.9 Å². The predicted octanol–water partition coefficient (Wildman–Crippen LogP) is 2.90. The normalized spacial score (nSPS) is 17.5. The van der Waals surface area contributed by atoms with Crippen LogP contribution in [0.3, 0.4) is 0 Å². The van der Waals surface area contributed by atoms with E-state index >= 15 is 0 Å². The number of aliphatic hydroxyl groups is 1. The largest absolute Gasteiger partial charge is 0.490 e. The highest BCUT2D eigenvalue weighted by Gasteiger charge is 2.38. The molecule has 1 saturated heterocycles. The van der Waals surface area contributed by atoms with Crippen molar-refractivity contribution in [3.8, 4) is 5.69 Å². The number of hydrogen-bond donors (Lipinski definition) is 6. The van der Waals surface area contributed by atoms with Gasteiger partial charge in [0.1, 0.15) is 12.4 Å². The van der Waals surface area contributed by atoms with E-state index in [4.69, 9.17) is 21.5 Å². The van der Waals surface area contributed by atoms with Crippen LogP contribution in [0.5, 0.6) is 0 Å². The summed E-state index contributed by atoms with van der Waals surface area (Å²) in [5.41, 5.74) is 2.10. The number of carboxylic acid groups (broad SMARTS) is 2. The Bertz CT molecular complexity index is 2150. The molecule has 1 atom stereocenters. The number of nitrogens with one attached hydrogen (secondary N) is 3. The minimum atomic E-state index is -5.08. The highest BCUT2D eigenvalue weighted by atomic mass is 35.5. The number of rotatable bonds is 10. The van der Waals surface area contributed by atoms with Crippen molar-refractivity contribution in [1.82, 2.24) is 30.4 Å². The lowest BCUT2D eigenvalue weighted by Gasteiger charge is -2.41. The zero-order valence-corrected chi connectivity index (χ0v) is 31.6. The van der Waals surface area contributed by atoms with E-state index in [-0.39, 0.29) is 46.4 Å². The molecule has 2 fully saturated rings. The zero-order chi connectivity index (χ0) is 42.9. The van der Waals surface area contributed by atoms with Crippen LogP contribution < -0.4 is 20.9 Å². The number of alkyl halides is 3. The number of aromatic nitrogens is 4. The molecule has 18 nitrogen and oxygen atoms in total. The molecule has 3 aromatic carbocycles. The third-order valence-electron chi connectivity index (χ3n) is 9.39. The number of halogens is 4. The van der Waals surface area contributed by atoms with E-state index in [0.29, 0.717) is 36.6 Å². The quantitative estimate of drug-likeness (QED) is 0.126. The van der Waals surface area contributed by atoms with E-state index in [1.807, 2.05) is 0 Å². The molecular formula is C37H37ClF3N9O9. The molecule has 1 aromatic heterocycles. The fourth-order valence-corrected chi connectivity index (χ4v) is 6.54. The van der Waals surface area contributed by atoms with Crippen molar-refractivity contribution in [1.29, 1.82) is 0 Å². The number of amides is 4. The lowest BCUT2D eigenvalue weighted by Crippen LogP contribution is -2.54. The minimum Gasteiger partial charge on any atom is -0.478 e. The number of benzene rings is 3. The molecule has 1 unspecified atom stereocenters. The van der Waals surface area contributed by atoms with Crippen molar-refractivity contribution in [2.45, 2.75) is 56.5 Å². The second-order valence-corrected chi connectivity index (χ2v) is 13.9. The number of tetrazole rings is 1. The maximum Gasteiger partial charge on any atom is 0.490 e. The molecule has 4 amide bonds. The predicted molar refractivity (Wildman–Crippen MR) is 203 cm³/mol. The summed E-state index contributed by atoms with van der Waals surface area (Å²) in [4.78, 5) is 77.2. The number of carbonyl (C=O) groups is 6. The molecule has 1 aliphatic heterocycles. The number of hydrogen-bond acceptors (Lipinski definition) is 11. The molecule has 2 heterocycles. The molecule has 1 saturated carbocycles. The van der Waals surface area contributed by atoms with Crippen LogP contribution in [-0.4, -0.2) is 120 Å². The van der Waals surface area contributed by atoms with Crippen LogP contribution in [-0.2, 0) is 30.4 Å². The monoisotopic (exact) mass is 843 g/mol. The fraction of sp³-hybridized carbons (Fsp3) is 0.324. The van der Waals surface area contributed by atoms with Crippen LogP contribution >= 0.6 is 11.6 Å². The molecule has 2 aliphatic rings. The van der Waals surface area contributed by atoms with Gasteiger partial charge in [-0.2, -0.15) is 17.9 Å². The van der Waals surface area contributed by atoms with Crippen LogP contribution in [0.2, 0.25) is 5.02 Å². The van der Waals surface area contributed by atoms with E-state index in [0.717, 1.165) is 25.7 Å². The summed E-state index contributed by atoms with van der Waals surface area (Å²) in [6, 6.07) is 16.1. The third-order valence-corrected chi connectivity index (χ3v) is 9.63. The van der Waals surface area contributed by atoms with E-state index in [2.05, 4.69) is 36.4 Å². The van der Waals surface area contributed by atoms with E-state index in [1.54, 1.807) is 41.3 Å². The average Bonchev–Trinajstić information content (AvgIpc) is 3.73. The Labute approximate surface area is 337 Å². The number of carbonyl (C=O) groups excluding carboxylic acids is 4. The first-order valence-corrected chi connectivity index (χ1v) is 18.3. The van der Waals surface area contributed by atoms with Crippen molar-refractivity contribution >= 4 is 64.2 Å². The van der Waals surface area contributed by atoms with E-state index < -0.39 is 41.9 Å². The molecule has 6 rings (SSSR count). The molecule has 22 heteroatoms. The number of piperazine rings is 1. The maximum atomic E-state index is 13.6. The van der Waals surface area contributed by atoms with Crippen LogP contribution in [0.25, 0.3) is 5.69 Å². The maximum absolute atomic E-state index is 13.6. The summed E-state index contributed by atoms with van der Waals surface area (Å²) in [5, 5.41) is 45.1. The highest BCUT2D eigenvalue weighted by molar-refractivity contribution is 6.40. The summed E-state index contributed by atoms with van der Waals surface area (Å²) in [5.74, 6) is -6.78. The molecule has 4 aromatic rings. The second-order valence-electron chi connectivity index (χ2n) is 13.4. The number of aromatic carboxylic acids is 1. The van der Waals surface area contributed by atoms with Gasteiger partial charge in [0.05, 0.1) is 29.6 Å². The molecule has 59 heavy (non-hydrogen) atoms. The molecule has 1 aliphatic carbocycles. The molecule has 0 bridgehead atoms. The second kappa shape index (κ2) is 19.3. The highest BCUT2D eigenvalue weighted by Crippen LogP contribution is 2.27. The zero-order valence-electron chi connectivity index (χ0n) is 30.8. The topological polar surface area (TPSA) is 249 Å². The fourth-order valence-electron chi connectivity index (χ4n) is 6.36. The van der Waals surface area contributed by atoms with Gasteiger partial charge in [0.15, 0.2) is 0 Å². The first-order chi connectivity index (χ1) is 28.0. The lowest BCUT2D eigenvalue weighted by atomic mass is 9.91. The van der Waals surface area contributed by atoms with Gasteiger partial charge in [0.2, 0.25) is 11.8 Å². The van der Waals surface area contributed by atoms with Gasteiger partial charge in [0.25, 0.3) is 0 Å². The Morgan fingerprint density at radius 2 is 1.54 bits per heavy atom. The van der Waals surface area contributed by atoms with E-state index in [9.17, 15) is 47.4 Å². The van der Waals surface area contributed by atoms with Crippen molar-refractivity contribution < 1.29 is 57.3 Å². The Hall–Kier alpha value is -6.45. The van der Waals surface area contributed by atoms with Gasteiger partial charge in [-0.25, -0.2) is 9.59 Å². The summed E-state index contributed by atoms with van der Waals surface area (Å²) in [6.45, 7) is 1.51. The van der Waals surface area contributed by atoms with Crippen LogP contribution in [0, 0.1) is 0 Å². The summed E-state index contributed by atoms with van der Waals surface area (Å²) < 4.78 is 33.0. The summed E-state index contributed by atoms with van der Waals surface area (Å²) in [7, 11) is 0. The van der Waals surface area contributed by atoms with Crippen molar-refractivity contribution in [2.24, 2.45) is 0 Å². The van der Waals surface area contributed by atoms with Gasteiger partial charge in [-0.15, -0.1) is 5.10 Å². The summed E-state index contributed by atoms with van der Waals surface area (Å²) in [6.07, 6.45) is -0.856. The standard InChI is InChI=1S/C35H36ClN9O7.C2HF3O2/c36-23-5-14-30(45-20-37-41-42-45)28(18-23)39-33(49)34(50)40-29(32(48)38-24-6-3-22(4-7-24)35(51)52)17-21-1-8-26(9-2-21)44-16-15-43(19-31(44)47)25-10-12-27(46)13-11-25;3-2(4,5)1(6)7/h1-9,14,18,20,25,27,29,46H,10-13,15-17,19H2,(H,38,48)(H,39,49)(H,40,50)(H,51,52);(H,6,7). The SMILES string of the molecule is O=C(Nc1cc(Cl)ccc1-n1cnnn1)C(=O)NC(Cc1ccc(N2CCN(C3CCC(O)CC3)CC2=O)cc1)C(=O)Nc1ccc(C(=O)O)cc1.O=C(O)C(F)(F)F.